The summed E-state index contributed by atoms with van der Waals surface area (Å²) in [6.07, 6.45) is -1.26. The second kappa shape index (κ2) is 10.1. The SMILES string of the molecule is CCOC(=O)n1c(NS(=O)(=O)c2ccccc2)c(-c2ccccc2)c(=O)n1S(=O)(=O)c1ccc(C)cc1. The number of nitrogens with zero attached hydrogens (tertiary/aromatic N) is 2. The topological polar surface area (TPSA) is 134 Å². The molecular formula is C25H23N3O7S2. The highest BCUT2D eigenvalue weighted by molar-refractivity contribution is 7.92. The number of aromatic nitrogens is 2. The van der Waals surface area contributed by atoms with Crippen molar-refractivity contribution in [2.24, 2.45) is 0 Å². The first-order valence-corrected chi connectivity index (χ1v) is 14.0. The maximum absolute atomic E-state index is 13.7. The molecule has 0 unspecified atom stereocenters. The lowest BCUT2D eigenvalue weighted by atomic mass is 10.1. The van der Waals surface area contributed by atoms with E-state index >= 15 is 0 Å². The molecule has 192 valence electrons. The van der Waals surface area contributed by atoms with Crippen molar-refractivity contribution in [1.82, 2.24) is 8.77 Å². The Bertz CT molecular complexity index is 1710. The number of hydrogen-bond acceptors (Lipinski definition) is 7. The van der Waals surface area contributed by atoms with Gasteiger partial charge in [-0.25, -0.2) is 13.2 Å². The molecule has 10 nitrogen and oxygen atoms in total. The highest BCUT2D eigenvalue weighted by Crippen LogP contribution is 2.30. The van der Waals surface area contributed by atoms with Gasteiger partial charge in [0.2, 0.25) is 0 Å². The van der Waals surface area contributed by atoms with E-state index in [1.165, 1.54) is 67.6 Å². The molecule has 1 N–H and O–H groups in total. The van der Waals surface area contributed by atoms with Crippen molar-refractivity contribution >= 4 is 32.0 Å². The van der Waals surface area contributed by atoms with E-state index in [2.05, 4.69) is 4.72 Å². The Labute approximate surface area is 213 Å². The standard InChI is InChI=1S/C25H23N3O7S2/c1-3-35-25(30)27-23(26-36(31,32)20-12-8-5-9-13-20)22(19-10-6-4-7-11-19)24(29)28(27)37(33,34)21-16-14-18(2)15-17-21/h4-17,26H,3H2,1-2H3. The maximum atomic E-state index is 13.7. The highest BCUT2D eigenvalue weighted by atomic mass is 32.2. The lowest BCUT2D eigenvalue weighted by molar-refractivity contribution is 0.149. The van der Waals surface area contributed by atoms with Crippen molar-refractivity contribution < 1.29 is 26.4 Å². The molecule has 37 heavy (non-hydrogen) atoms. The Morgan fingerprint density at radius 1 is 0.838 bits per heavy atom. The normalized spacial score (nSPS) is 11.7. The van der Waals surface area contributed by atoms with Crippen molar-refractivity contribution in [3.05, 3.63) is 101 Å². The smallest absolute Gasteiger partial charge is 0.436 e. The predicted molar refractivity (Wildman–Crippen MR) is 138 cm³/mol. The molecule has 0 aliphatic carbocycles. The zero-order valence-corrected chi connectivity index (χ0v) is 21.5. The van der Waals surface area contributed by atoms with E-state index < -0.39 is 37.5 Å². The zero-order valence-electron chi connectivity index (χ0n) is 19.9. The minimum absolute atomic E-state index is 0.161. The number of hydrogen-bond donors (Lipinski definition) is 1. The van der Waals surface area contributed by atoms with Gasteiger partial charge in [0.1, 0.15) is 0 Å². The summed E-state index contributed by atoms with van der Waals surface area (Å²) >= 11 is 0. The lowest BCUT2D eigenvalue weighted by Gasteiger charge is -2.15. The van der Waals surface area contributed by atoms with Crippen LogP contribution in [0.15, 0.2) is 99.5 Å². The highest BCUT2D eigenvalue weighted by Gasteiger charge is 2.35. The molecule has 4 aromatic rings. The van der Waals surface area contributed by atoms with Crippen LogP contribution >= 0.6 is 0 Å². The minimum atomic E-state index is -4.68. The van der Waals surface area contributed by atoms with E-state index in [0.717, 1.165) is 5.56 Å². The van der Waals surface area contributed by atoms with Gasteiger partial charge < -0.3 is 4.74 Å². The molecule has 1 heterocycles. The van der Waals surface area contributed by atoms with Crippen molar-refractivity contribution in [2.45, 2.75) is 23.6 Å². The van der Waals surface area contributed by atoms with Gasteiger partial charge in [0.05, 0.1) is 22.0 Å². The van der Waals surface area contributed by atoms with E-state index in [1.807, 2.05) is 0 Å². The number of carbonyl (C=O) groups excluding carboxylic acids is 1. The number of carbonyl (C=O) groups is 1. The number of rotatable bonds is 7. The molecular weight excluding hydrogens is 518 g/mol. The van der Waals surface area contributed by atoms with Crippen LogP contribution in [-0.2, 0) is 24.8 Å². The Hall–Kier alpha value is -4.16. The molecule has 0 aliphatic rings. The van der Waals surface area contributed by atoms with E-state index in [-0.39, 0.29) is 31.6 Å². The fraction of sp³-hybridized carbons (Fsp3) is 0.120. The second-order valence-corrected chi connectivity index (χ2v) is 11.3. The molecule has 4 rings (SSSR count). The van der Waals surface area contributed by atoms with Crippen LogP contribution in [0.2, 0.25) is 0 Å². The van der Waals surface area contributed by atoms with Gasteiger partial charge in [-0.05, 0) is 43.7 Å². The Balaban J connectivity index is 2.09. The Morgan fingerprint density at radius 2 is 1.41 bits per heavy atom. The van der Waals surface area contributed by atoms with Gasteiger partial charge in [-0.2, -0.15) is 13.1 Å². The quantitative estimate of drug-likeness (QED) is 0.377. The molecule has 0 fully saturated rings. The summed E-state index contributed by atoms with van der Waals surface area (Å²) in [5, 5.41) is 0. The van der Waals surface area contributed by atoms with Gasteiger partial charge in [-0.3, -0.25) is 9.52 Å². The van der Waals surface area contributed by atoms with Gasteiger partial charge >= 0.3 is 6.09 Å². The number of nitrogens with one attached hydrogen (secondary N) is 1. The van der Waals surface area contributed by atoms with Gasteiger partial charge in [-0.1, -0.05) is 66.2 Å². The molecule has 0 aliphatic heterocycles. The molecule has 0 spiro atoms. The molecule has 0 saturated heterocycles. The monoisotopic (exact) mass is 541 g/mol. The lowest BCUT2D eigenvalue weighted by Crippen LogP contribution is -2.35. The molecule has 0 radical (unpaired) electrons. The molecule has 0 amide bonds. The number of anilines is 1. The molecule has 1 aromatic heterocycles. The third kappa shape index (κ3) is 4.93. The first-order valence-electron chi connectivity index (χ1n) is 11.1. The molecule has 12 heteroatoms. The minimum Gasteiger partial charge on any atom is -0.448 e. The van der Waals surface area contributed by atoms with Crippen LogP contribution < -0.4 is 10.3 Å². The molecule has 0 bridgehead atoms. The van der Waals surface area contributed by atoms with Gasteiger partial charge in [0.25, 0.3) is 25.6 Å². The fourth-order valence-corrected chi connectivity index (χ4v) is 6.04. The summed E-state index contributed by atoms with van der Waals surface area (Å²) in [5.41, 5.74) is -0.517. The van der Waals surface area contributed by atoms with Gasteiger partial charge in [0, 0.05) is 0 Å². The van der Waals surface area contributed by atoms with E-state index in [0.29, 0.717) is 4.68 Å². The Kier molecular flexibility index (Phi) is 7.05. The summed E-state index contributed by atoms with van der Waals surface area (Å²) in [5.74, 6) is -0.575. The first kappa shape index (κ1) is 25.9. The van der Waals surface area contributed by atoms with Crippen LogP contribution in [0.25, 0.3) is 11.1 Å². The summed E-state index contributed by atoms with van der Waals surface area (Å²) in [6.45, 7) is 3.08. The van der Waals surface area contributed by atoms with E-state index in [4.69, 9.17) is 4.74 Å². The molecule has 0 saturated carbocycles. The average molecular weight is 542 g/mol. The third-order valence-corrected chi connectivity index (χ3v) is 8.36. The molecule has 0 atom stereocenters. The largest absolute Gasteiger partial charge is 0.448 e. The van der Waals surface area contributed by atoms with Crippen molar-refractivity contribution in [2.75, 3.05) is 11.3 Å². The van der Waals surface area contributed by atoms with Crippen molar-refractivity contribution in [3.63, 3.8) is 0 Å². The van der Waals surface area contributed by atoms with Crippen LogP contribution in [-0.4, -0.2) is 38.3 Å². The van der Waals surface area contributed by atoms with Crippen LogP contribution in [0.1, 0.15) is 12.5 Å². The number of benzene rings is 3. The first-order chi connectivity index (χ1) is 17.6. The number of sulfonamides is 1. The number of aryl methyl sites for hydroxylation is 1. The van der Waals surface area contributed by atoms with E-state index in [9.17, 15) is 26.4 Å². The van der Waals surface area contributed by atoms with Crippen LogP contribution in [0.3, 0.4) is 0 Å². The third-order valence-electron chi connectivity index (χ3n) is 5.35. The van der Waals surface area contributed by atoms with Crippen LogP contribution in [0.5, 0.6) is 0 Å². The number of ether oxygens (including phenoxy) is 1. The predicted octanol–water partition coefficient (Wildman–Crippen LogP) is 3.67. The van der Waals surface area contributed by atoms with Gasteiger partial charge in [0.15, 0.2) is 5.82 Å². The maximum Gasteiger partial charge on any atom is 0.436 e. The van der Waals surface area contributed by atoms with Crippen molar-refractivity contribution in [3.8, 4) is 11.1 Å². The summed E-state index contributed by atoms with van der Waals surface area (Å²) in [6, 6.07) is 20.7. The van der Waals surface area contributed by atoms with E-state index in [1.54, 1.807) is 31.2 Å². The van der Waals surface area contributed by atoms with Crippen LogP contribution in [0.4, 0.5) is 10.6 Å². The van der Waals surface area contributed by atoms with Crippen molar-refractivity contribution in [1.29, 1.82) is 0 Å². The second-order valence-electron chi connectivity index (χ2n) is 7.89. The molecule has 3 aromatic carbocycles. The summed E-state index contributed by atoms with van der Waals surface area (Å²) < 4.78 is 61.8. The van der Waals surface area contributed by atoms with Crippen LogP contribution in [0, 0.1) is 6.92 Å². The average Bonchev–Trinajstić information content (AvgIpc) is 3.17. The Morgan fingerprint density at radius 3 is 1.97 bits per heavy atom. The summed E-state index contributed by atoms with van der Waals surface area (Å²) in [7, 11) is -9.04. The van der Waals surface area contributed by atoms with Gasteiger partial charge in [-0.15, -0.1) is 4.09 Å². The summed E-state index contributed by atoms with van der Waals surface area (Å²) in [4.78, 5) is 26.4. The zero-order chi connectivity index (χ0) is 26.8. The fourth-order valence-electron chi connectivity index (χ4n) is 3.61.